The highest BCUT2D eigenvalue weighted by molar-refractivity contribution is 7.92. The van der Waals surface area contributed by atoms with Gasteiger partial charge in [-0.2, -0.15) is 0 Å². The first-order chi connectivity index (χ1) is 21.9. The lowest BCUT2D eigenvalue weighted by atomic mass is 9.98. The molecule has 1 aliphatic rings. The zero-order chi connectivity index (χ0) is 32.4. The number of anilines is 4. The monoisotopic (exact) mass is 684 g/mol. The number of benzene rings is 3. The van der Waals surface area contributed by atoms with Crippen molar-refractivity contribution in [2.75, 3.05) is 28.0 Å². The Morgan fingerprint density at radius 3 is 2.50 bits per heavy atom. The van der Waals surface area contributed by atoms with Gasteiger partial charge in [0.1, 0.15) is 51.6 Å². The maximum atomic E-state index is 15.7. The van der Waals surface area contributed by atoms with Crippen LogP contribution in [-0.4, -0.2) is 51.7 Å². The molecule has 6 aromatic rings. The molecule has 7 rings (SSSR count). The van der Waals surface area contributed by atoms with Crippen LogP contribution in [0.4, 0.5) is 36.1 Å². The number of hydrogen-bond acceptors (Lipinski definition) is 8. The van der Waals surface area contributed by atoms with E-state index in [0.717, 1.165) is 17.8 Å². The number of halogens is 5. The molecule has 1 saturated heterocycles. The summed E-state index contributed by atoms with van der Waals surface area (Å²) in [6, 6.07) is 14.7. The Labute approximate surface area is 269 Å². The van der Waals surface area contributed by atoms with Gasteiger partial charge in [-0.25, -0.2) is 41.5 Å². The van der Waals surface area contributed by atoms with Crippen molar-refractivity contribution in [3.63, 3.8) is 0 Å². The summed E-state index contributed by atoms with van der Waals surface area (Å²) in [7, 11) is -4.41. The molecule has 0 aliphatic carbocycles. The summed E-state index contributed by atoms with van der Waals surface area (Å²) >= 11 is 12.0. The molecule has 0 unspecified atom stereocenters. The second-order valence-electron chi connectivity index (χ2n) is 10.9. The van der Waals surface area contributed by atoms with Gasteiger partial charge in [0, 0.05) is 0 Å². The van der Waals surface area contributed by atoms with Crippen molar-refractivity contribution in [2.45, 2.75) is 17.5 Å². The molecular weight excluding hydrogens is 664 g/mol. The molecule has 1 fully saturated rings. The Balaban J connectivity index is 1.24. The number of imidazole rings is 1. The predicted molar refractivity (Wildman–Crippen MR) is 171 cm³/mol. The van der Waals surface area contributed by atoms with Crippen molar-refractivity contribution in [3.8, 4) is 5.82 Å². The first-order valence-electron chi connectivity index (χ1n) is 13.7. The van der Waals surface area contributed by atoms with Gasteiger partial charge in [-0.15, -0.1) is 0 Å². The lowest BCUT2D eigenvalue weighted by Gasteiger charge is -2.43. The fourth-order valence-electron chi connectivity index (χ4n) is 5.29. The number of nitrogens with zero attached hydrogens (tertiary/aromatic N) is 6. The molecule has 10 nitrogen and oxygen atoms in total. The Bertz CT molecular complexity index is 2290. The molecule has 1 aliphatic heterocycles. The number of sulfonamides is 1. The molecule has 0 bridgehead atoms. The van der Waals surface area contributed by atoms with Crippen LogP contribution >= 0.6 is 23.2 Å². The minimum absolute atomic E-state index is 0.0152. The van der Waals surface area contributed by atoms with Crippen LogP contribution in [0.2, 0.25) is 10.0 Å². The number of aromatic nitrogens is 5. The largest absolute Gasteiger partial charge is 0.363 e. The second kappa shape index (κ2) is 11.0. The van der Waals surface area contributed by atoms with Crippen LogP contribution in [0, 0.1) is 11.6 Å². The molecule has 3 aromatic heterocycles. The number of hydrogen-bond donors (Lipinski definition) is 2. The summed E-state index contributed by atoms with van der Waals surface area (Å²) in [4.78, 5) is 19.1. The maximum Gasteiger partial charge on any atom is 0.263 e. The molecule has 3 aromatic carbocycles. The van der Waals surface area contributed by atoms with E-state index in [1.54, 1.807) is 30.0 Å². The standard InChI is InChI=1S/C30H21Cl2F3N8O2S/c1-30(35)12-42(13-30)20-5-3-6-21-28(20)38-15-43(21)23-11-10-19-27(39-23)29(37-14-36-19)40-26-17(33)8-9-18(25(26)34)41-46(44,45)22-7-2-4-16(31)24(22)32/h2-11,14-15,41H,12-13H2,1H3,(H,36,37,40). The van der Waals surface area contributed by atoms with Gasteiger partial charge in [0.25, 0.3) is 10.0 Å². The minimum Gasteiger partial charge on any atom is -0.363 e. The Morgan fingerprint density at radius 1 is 0.935 bits per heavy atom. The highest BCUT2D eigenvalue weighted by atomic mass is 35.5. The van der Waals surface area contributed by atoms with Crippen molar-refractivity contribution >= 4 is 78.2 Å². The second-order valence-corrected chi connectivity index (χ2v) is 13.3. The van der Waals surface area contributed by atoms with E-state index in [1.165, 1.54) is 24.5 Å². The minimum atomic E-state index is -4.41. The number of para-hydroxylation sites is 1. The van der Waals surface area contributed by atoms with E-state index in [4.69, 9.17) is 23.2 Å². The van der Waals surface area contributed by atoms with Gasteiger partial charge in [-0.1, -0.05) is 35.3 Å². The van der Waals surface area contributed by atoms with Gasteiger partial charge < -0.3 is 10.2 Å². The van der Waals surface area contributed by atoms with Crippen LogP contribution in [0.15, 0.2) is 78.2 Å². The maximum absolute atomic E-state index is 15.7. The van der Waals surface area contributed by atoms with Crippen LogP contribution in [0.25, 0.3) is 27.9 Å². The summed E-state index contributed by atoms with van der Waals surface area (Å²) in [6.45, 7) is 2.06. The molecule has 234 valence electrons. The molecule has 0 saturated carbocycles. The van der Waals surface area contributed by atoms with Crippen LogP contribution in [0.1, 0.15) is 6.92 Å². The van der Waals surface area contributed by atoms with E-state index in [9.17, 15) is 12.8 Å². The number of pyridine rings is 1. The molecule has 0 amide bonds. The normalized spacial score (nSPS) is 14.4. The summed E-state index contributed by atoms with van der Waals surface area (Å²) < 4.78 is 74.8. The fraction of sp³-hybridized carbons (Fsp3) is 0.133. The average Bonchev–Trinajstić information content (AvgIpc) is 3.45. The first-order valence-corrected chi connectivity index (χ1v) is 15.9. The Kier molecular flexibility index (Phi) is 7.18. The van der Waals surface area contributed by atoms with Crippen molar-refractivity contribution in [2.24, 2.45) is 0 Å². The number of rotatable bonds is 7. The quantitative estimate of drug-likeness (QED) is 0.184. The molecule has 4 heterocycles. The smallest absolute Gasteiger partial charge is 0.263 e. The van der Waals surface area contributed by atoms with Gasteiger partial charge in [0.15, 0.2) is 11.6 Å². The number of fused-ring (bicyclic) bond motifs is 2. The average molecular weight is 686 g/mol. The first kappa shape index (κ1) is 30.0. The lowest BCUT2D eigenvalue weighted by molar-refractivity contribution is 0.145. The van der Waals surface area contributed by atoms with Gasteiger partial charge in [-0.3, -0.25) is 9.29 Å². The third kappa shape index (κ3) is 5.21. The third-order valence-electron chi connectivity index (χ3n) is 7.44. The van der Waals surface area contributed by atoms with Crippen LogP contribution in [0.3, 0.4) is 0 Å². The van der Waals surface area contributed by atoms with Crippen LogP contribution in [-0.2, 0) is 10.0 Å². The topological polar surface area (TPSA) is 118 Å². The van der Waals surface area contributed by atoms with Crippen molar-refractivity contribution in [1.82, 2.24) is 24.5 Å². The molecule has 46 heavy (non-hydrogen) atoms. The molecule has 0 radical (unpaired) electrons. The number of alkyl halides is 1. The van der Waals surface area contributed by atoms with Gasteiger partial charge in [-0.05, 0) is 55.5 Å². The zero-order valence-corrected chi connectivity index (χ0v) is 26.0. The third-order valence-corrected chi connectivity index (χ3v) is 9.77. The summed E-state index contributed by atoms with van der Waals surface area (Å²) in [5.74, 6) is -1.90. The molecule has 16 heteroatoms. The molecular formula is C30H21Cl2F3N8O2S. The van der Waals surface area contributed by atoms with E-state index in [-0.39, 0.29) is 39.4 Å². The molecule has 2 N–H and O–H groups in total. The zero-order valence-electron chi connectivity index (χ0n) is 23.6. The SMILES string of the molecule is CC1(F)CN(c2cccc3c2ncn3-c2ccc3ncnc(Nc4c(F)ccc(NS(=O)(=O)c5cccc(Cl)c5Cl)c4F)c3n2)C1. The highest BCUT2D eigenvalue weighted by Gasteiger charge is 2.39. The van der Waals surface area contributed by atoms with Gasteiger partial charge >= 0.3 is 0 Å². The number of nitrogens with one attached hydrogen (secondary N) is 2. The highest BCUT2D eigenvalue weighted by Crippen LogP contribution is 2.36. The van der Waals surface area contributed by atoms with Gasteiger partial charge in [0.2, 0.25) is 0 Å². The van der Waals surface area contributed by atoms with E-state index >= 15 is 8.78 Å². The fourth-order valence-corrected chi connectivity index (χ4v) is 7.11. The summed E-state index contributed by atoms with van der Waals surface area (Å²) in [5.41, 5.74) is 0.189. The van der Waals surface area contributed by atoms with E-state index in [0.29, 0.717) is 22.4 Å². The van der Waals surface area contributed by atoms with Crippen molar-refractivity contribution in [1.29, 1.82) is 0 Å². The lowest BCUT2D eigenvalue weighted by Crippen LogP contribution is -2.57. The van der Waals surface area contributed by atoms with E-state index in [1.807, 2.05) is 23.1 Å². The van der Waals surface area contributed by atoms with Crippen molar-refractivity contribution in [3.05, 3.63) is 95.0 Å². The van der Waals surface area contributed by atoms with Crippen LogP contribution in [0.5, 0.6) is 0 Å². The predicted octanol–water partition coefficient (Wildman–Crippen LogP) is 7.04. The van der Waals surface area contributed by atoms with E-state index < -0.39 is 38.7 Å². The molecule has 0 atom stereocenters. The van der Waals surface area contributed by atoms with Gasteiger partial charge in [0.05, 0.1) is 45.5 Å². The van der Waals surface area contributed by atoms with E-state index in [2.05, 4.69) is 30.0 Å². The van der Waals surface area contributed by atoms with Crippen LogP contribution < -0.4 is 14.9 Å². The Hall–Kier alpha value is -4.66. The Morgan fingerprint density at radius 2 is 1.72 bits per heavy atom. The van der Waals surface area contributed by atoms with Crippen molar-refractivity contribution < 1.29 is 21.6 Å². The summed E-state index contributed by atoms with van der Waals surface area (Å²) in [6.07, 6.45) is 2.77. The molecule has 0 spiro atoms. The summed E-state index contributed by atoms with van der Waals surface area (Å²) in [5, 5.41) is 2.35.